The summed E-state index contributed by atoms with van der Waals surface area (Å²) < 4.78 is 0. The summed E-state index contributed by atoms with van der Waals surface area (Å²) in [5.74, 6) is -1.72. The second-order valence-electron chi connectivity index (χ2n) is 13.2. The molecule has 236 valence electrons. The largest absolute Gasteiger partial charge is 0.507 e. The van der Waals surface area contributed by atoms with Crippen LogP contribution in [0.1, 0.15) is 57.1 Å². The summed E-state index contributed by atoms with van der Waals surface area (Å²) in [6.07, 6.45) is 4.27. The molecule has 3 aromatic rings. The topological polar surface area (TPSA) is 101 Å². The number of rotatable bonds is 9. The number of likely N-dealkylation sites (tertiary alicyclic amines) is 2. The Kier molecular flexibility index (Phi) is 9.22. The molecule has 1 aliphatic carbocycles. The molecule has 2 aliphatic heterocycles. The van der Waals surface area contributed by atoms with Crippen LogP contribution in [0.15, 0.2) is 83.4 Å². The first-order chi connectivity index (χ1) is 21.8. The van der Waals surface area contributed by atoms with E-state index < -0.39 is 23.9 Å². The van der Waals surface area contributed by atoms with Crippen LogP contribution in [0.5, 0.6) is 5.75 Å². The number of amides is 2. The number of aliphatic hydroxyl groups excluding tert-OH is 2. The highest BCUT2D eigenvalue weighted by Gasteiger charge is 2.56. The number of imide groups is 1. The Labute approximate surface area is 265 Å². The molecule has 0 radical (unpaired) electrons. The lowest BCUT2D eigenvalue weighted by atomic mass is 9.68. The number of aliphatic hydroxyl groups is 2. The Morgan fingerprint density at radius 2 is 1.64 bits per heavy atom. The van der Waals surface area contributed by atoms with Gasteiger partial charge in [0.1, 0.15) is 5.75 Å². The number of fused-ring (bicyclic) bond motifs is 2. The molecule has 0 spiro atoms. The van der Waals surface area contributed by atoms with Gasteiger partial charge in [-0.15, -0.1) is 0 Å². The SMILES string of the molecule is CC1=C([C@H](O)CC/C(C)=C/c2ccc(O)c3ccccc23)[C@H](CO)[C@@H]2C(=O)N(C3CCN(Cc4ccccc4)CC3)C(=O)[C@@H]2C1. The van der Waals surface area contributed by atoms with Crippen LogP contribution in [-0.2, 0) is 16.1 Å². The Bertz CT molecular complexity index is 1620. The van der Waals surface area contributed by atoms with E-state index in [9.17, 15) is 24.9 Å². The Balaban J connectivity index is 1.12. The van der Waals surface area contributed by atoms with E-state index in [2.05, 4.69) is 23.1 Å². The van der Waals surface area contributed by atoms with Gasteiger partial charge >= 0.3 is 0 Å². The summed E-state index contributed by atoms with van der Waals surface area (Å²) in [4.78, 5) is 31.5. The van der Waals surface area contributed by atoms with Crippen LogP contribution >= 0.6 is 0 Å². The van der Waals surface area contributed by atoms with Gasteiger partial charge in [-0.1, -0.05) is 77.9 Å². The highest BCUT2D eigenvalue weighted by molar-refractivity contribution is 6.06. The number of phenolic OH excluding ortho intramolecular Hbond substituents is 1. The van der Waals surface area contributed by atoms with Crippen molar-refractivity contribution in [2.75, 3.05) is 19.7 Å². The van der Waals surface area contributed by atoms with Gasteiger partial charge in [0.2, 0.25) is 11.8 Å². The second-order valence-corrected chi connectivity index (χ2v) is 13.2. The van der Waals surface area contributed by atoms with Crippen LogP contribution in [0.25, 0.3) is 16.8 Å². The molecule has 0 unspecified atom stereocenters. The quantitative estimate of drug-likeness (QED) is 0.213. The van der Waals surface area contributed by atoms with E-state index in [1.54, 1.807) is 6.07 Å². The van der Waals surface area contributed by atoms with Crippen LogP contribution in [-0.4, -0.2) is 68.8 Å². The Morgan fingerprint density at radius 1 is 0.956 bits per heavy atom. The summed E-state index contributed by atoms with van der Waals surface area (Å²) in [6.45, 7) is 6.19. The van der Waals surface area contributed by atoms with Crippen LogP contribution in [0.2, 0.25) is 0 Å². The summed E-state index contributed by atoms with van der Waals surface area (Å²) in [7, 11) is 0. The maximum atomic E-state index is 13.9. The average Bonchev–Trinajstić information content (AvgIpc) is 3.30. The zero-order valence-electron chi connectivity index (χ0n) is 26.2. The number of piperidine rings is 1. The third-order valence-electron chi connectivity index (χ3n) is 10.2. The number of allylic oxidation sites excluding steroid dienone is 2. The Morgan fingerprint density at radius 3 is 2.36 bits per heavy atom. The first-order valence-corrected chi connectivity index (χ1v) is 16.3. The van der Waals surface area contributed by atoms with Crippen LogP contribution < -0.4 is 0 Å². The zero-order valence-corrected chi connectivity index (χ0v) is 26.2. The van der Waals surface area contributed by atoms with Crippen molar-refractivity contribution in [2.24, 2.45) is 17.8 Å². The molecule has 2 heterocycles. The van der Waals surface area contributed by atoms with E-state index in [1.807, 2.05) is 62.4 Å². The Hall–Kier alpha value is -3.78. The van der Waals surface area contributed by atoms with Crippen molar-refractivity contribution in [3.8, 4) is 5.75 Å². The lowest BCUT2D eigenvalue weighted by Gasteiger charge is -2.36. The van der Waals surface area contributed by atoms with Crippen molar-refractivity contribution in [1.82, 2.24) is 9.80 Å². The predicted molar refractivity (Wildman–Crippen MR) is 176 cm³/mol. The molecule has 0 bridgehead atoms. The fourth-order valence-corrected chi connectivity index (χ4v) is 7.97. The van der Waals surface area contributed by atoms with E-state index in [0.29, 0.717) is 19.3 Å². The van der Waals surface area contributed by atoms with Gasteiger partial charge in [-0.05, 0) is 74.1 Å². The standard InChI is InChI=1S/C38H44N2O5/c1-24(20-27-13-15-33(42)30-11-7-6-10-29(27)30)12-14-34(43)35-25(2)21-31-36(32(35)23-41)38(45)40(37(31)44)28-16-18-39(19-17-28)22-26-8-4-3-5-9-26/h3-11,13,15,20,28,31-32,34,36,41-43H,12,14,16-19,21-23H2,1-2H3/b24-20+/t31-,32+,34-,36-/m1/s1. The number of phenols is 1. The van der Waals surface area contributed by atoms with Gasteiger partial charge in [-0.3, -0.25) is 19.4 Å². The molecule has 7 nitrogen and oxygen atoms in total. The third-order valence-corrected chi connectivity index (χ3v) is 10.2. The van der Waals surface area contributed by atoms with Gasteiger partial charge in [0, 0.05) is 37.0 Å². The fourth-order valence-electron chi connectivity index (χ4n) is 7.97. The minimum atomic E-state index is -0.818. The lowest BCUT2D eigenvalue weighted by Crippen LogP contribution is -2.47. The van der Waals surface area contributed by atoms with Crippen molar-refractivity contribution < 1.29 is 24.9 Å². The highest BCUT2D eigenvalue weighted by Crippen LogP contribution is 2.47. The zero-order chi connectivity index (χ0) is 31.7. The number of carbonyl (C=O) groups excluding carboxylic acids is 2. The van der Waals surface area contributed by atoms with Gasteiger partial charge in [0.05, 0.1) is 24.5 Å². The first-order valence-electron chi connectivity index (χ1n) is 16.3. The van der Waals surface area contributed by atoms with Gasteiger partial charge in [0.15, 0.2) is 0 Å². The molecule has 2 fully saturated rings. The van der Waals surface area contributed by atoms with Gasteiger partial charge < -0.3 is 15.3 Å². The molecule has 6 rings (SSSR count). The number of aromatic hydroxyl groups is 1. The van der Waals surface area contributed by atoms with E-state index in [4.69, 9.17) is 0 Å². The molecule has 7 heteroatoms. The van der Waals surface area contributed by atoms with Crippen LogP contribution in [0.3, 0.4) is 0 Å². The van der Waals surface area contributed by atoms with E-state index >= 15 is 0 Å². The molecule has 3 aliphatic rings. The van der Waals surface area contributed by atoms with Crippen molar-refractivity contribution in [3.05, 3.63) is 94.6 Å². The molecular weight excluding hydrogens is 564 g/mol. The predicted octanol–water partition coefficient (Wildman–Crippen LogP) is 5.68. The maximum absolute atomic E-state index is 13.9. The fraction of sp³-hybridized carbons (Fsp3) is 0.421. The maximum Gasteiger partial charge on any atom is 0.234 e. The van der Waals surface area contributed by atoms with Crippen molar-refractivity contribution in [3.63, 3.8) is 0 Å². The number of benzene rings is 3. The van der Waals surface area contributed by atoms with Crippen LogP contribution in [0.4, 0.5) is 0 Å². The number of hydrogen-bond donors (Lipinski definition) is 3. The normalized spacial score (nSPS) is 24.0. The van der Waals surface area contributed by atoms with Crippen molar-refractivity contribution in [1.29, 1.82) is 0 Å². The van der Waals surface area contributed by atoms with E-state index in [-0.39, 0.29) is 30.2 Å². The highest BCUT2D eigenvalue weighted by atomic mass is 16.3. The van der Waals surface area contributed by atoms with E-state index in [0.717, 1.165) is 65.5 Å². The molecule has 3 aromatic carbocycles. The summed E-state index contributed by atoms with van der Waals surface area (Å²) in [5.41, 5.74) is 4.97. The number of nitrogens with zero attached hydrogens (tertiary/aromatic N) is 2. The molecule has 2 saturated heterocycles. The number of carbonyl (C=O) groups is 2. The van der Waals surface area contributed by atoms with Gasteiger partial charge in [-0.2, -0.15) is 0 Å². The molecule has 2 amide bonds. The van der Waals surface area contributed by atoms with Gasteiger partial charge in [0.25, 0.3) is 0 Å². The minimum absolute atomic E-state index is 0.113. The minimum Gasteiger partial charge on any atom is -0.507 e. The van der Waals surface area contributed by atoms with Crippen molar-refractivity contribution >= 4 is 28.7 Å². The molecule has 0 aromatic heterocycles. The molecular formula is C38H44N2O5. The van der Waals surface area contributed by atoms with E-state index in [1.165, 1.54) is 10.5 Å². The first kappa shape index (κ1) is 31.2. The molecule has 45 heavy (non-hydrogen) atoms. The van der Waals surface area contributed by atoms with Crippen LogP contribution in [0, 0.1) is 17.8 Å². The smallest absolute Gasteiger partial charge is 0.234 e. The lowest BCUT2D eigenvalue weighted by molar-refractivity contribution is -0.144. The second kappa shape index (κ2) is 13.3. The van der Waals surface area contributed by atoms with Gasteiger partial charge in [-0.25, -0.2) is 0 Å². The molecule has 4 atom stereocenters. The third kappa shape index (κ3) is 6.22. The average molecular weight is 609 g/mol. The molecule has 0 saturated carbocycles. The monoisotopic (exact) mass is 608 g/mol. The summed E-state index contributed by atoms with van der Waals surface area (Å²) in [5, 5.41) is 34.0. The molecule has 3 N–H and O–H groups in total. The summed E-state index contributed by atoms with van der Waals surface area (Å²) >= 11 is 0. The summed E-state index contributed by atoms with van der Waals surface area (Å²) in [6, 6.07) is 21.5. The van der Waals surface area contributed by atoms with Crippen molar-refractivity contribution in [2.45, 2.75) is 64.6 Å². The number of hydrogen-bond acceptors (Lipinski definition) is 6.